The van der Waals surface area contributed by atoms with Crippen LogP contribution in [0.2, 0.25) is 10.0 Å². The van der Waals surface area contributed by atoms with Crippen LogP contribution in [0, 0.1) is 0 Å². The number of hydrogen-bond acceptors (Lipinski definition) is 2. The van der Waals surface area contributed by atoms with Crippen LogP contribution in [0.25, 0.3) is 10.9 Å². The van der Waals surface area contributed by atoms with Gasteiger partial charge in [0.25, 0.3) is 0 Å². The minimum Gasteiger partial charge on any atom is -0.497 e. The van der Waals surface area contributed by atoms with E-state index in [1.165, 1.54) is 5.56 Å². The number of carbonyl (C=O) groups excluding carboxylic acids is 1. The maximum absolute atomic E-state index is 13.4. The number of urea groups is 1. The van der Waals surface area contributed by atoms with Crippen LogP contribution in [0.3, 0.4) is 0 Å². The first kappa shape index (κ1) is 20.7. The van der Waals surface area contributed by atoms with Gasteiger partial charge in [0.1, 0.15) is 5.75 Å². The number of benzene rings is 3. The normalized spacial score (nSPS) is 15.5. The first-order chi connectivity index (χ1) is 15.5. The summed E-state index contributed by atoms with van der Waals surface area (Å²) in [7, 11) is 1.64. The fourth-order valence-electron chi connectivity index (χ4n) is 4.36. The number of methoxy groups -OCH3 is 1. The molecule has 0 aliphatic carbocycles. The molecule has 3 aromatic carbocycles. The van der Waals surface area contributed by atoms with E-state index in [0.717, 1.165) is 34.3 Å². The Morgan fingerprint density at radius 1 is 1.09 bits per heavy atom. The van der Waals surface area contributed by atoms with Crippen molar-refractivity contribution in [2.75, 3.05) is 19.0 Å². The van der Waals surface area contributed by atoms with Gasteiger partial charge in [-0.2, -0.15) is 0 Å². The lowest BCUT2D eigenvalue weighted by molar-refractivity contribution is 0.193. The summed E-state index contributed by atoms with van der Waals surface area (Å²) in [6, 6.07) is 20.4. The Balaban J connectivity index is 1.59. The minimum atomic E-state index is -0.293. The molecule has 1 aliphatic heterocycles. The average molecular weight is 466 g/mol. The molecular weight excluding hydrogens is 445 g/mol. The number of halogens is 2. The molecular formula is C25H21Cl2N3O2. The smallest absolute Gasteiger partial charge is 0.322 e. The Kier molecular flexibility index (Phi) is 5.45. The monoisotopic (exact) mass is 465 g/mol. The highest BCUT2D eigenvalue weighted by atomic mass is 35.5. The molecule has 2 N–H and O–H groups in total. The first-order valence-corrected chi connectivity index (χ1v) is 11.1. The number of fused-ring (bicyclic) bond motifs is 3. The van der Waals surface area contributed by atoms with Crippen LogP contribution in [0.5, 0.6) is 5.75 Å². The van der Waals surface area contributed by atoms with Crippen LogP contribution in [0.1, 0.15) is 22.9 Å². The molecule has 1 unspecified atom stereocenters. The molecule has 32 heavy (non-hydrogen) atoms. The highest BCUT2D eigenvalue weighted by Crippen LogP contribution is 2.40. The third kappa shape index (κ3) is 3.68. The summed E-state index contributed by atoms with van der Waals surface area (Å²) in [5, 5.41) is 5.26. The van der Waals surface area contributed by atoms with E-state index in [1.54, 1.807) is 19.2 Å². The van der Waals surface area contributed by atoms with Crippen LogP contribution in [-0.4, -0.2) is 29.6 Å². The molecule has 1 aromatic heterocycles. The number of ether oxygens (including phenoxy) is 1. The highest BCUT2D eigenvalue weighted by Gasteiger charge is 2.35. The Morgan fingerprint density at radius 2 is 1.88 bits per heavy atom. The topological polar surface area (TPSA) is 57.4 Å². The minimum absolute atomic E-state index is 0.207. The quantitative estimate of drug-likeness (QED) is 0.355. The summed E-state index contributed by atoms with van der Waals surface area (Å²) in [6.07, 6.45) is 0.721. The fourth-order valence-corrected chi connectivity index (χ4v) is 4.72. The second-order valence-electron chi connectivity index (χ2n) is 7.74. The molecule has 5 rings (SSSR count). The third-order valence-electron chi connectivity index (χ3n) is 5.90. The second-order valence-corrected chi connectivity index (χ2v) is 8.58. The zero-order valence-corrected chi connectivity index (χ0v) is 18.9. The van der Waals surface area contributed by atoms with E-state index in [2.05, 4.69) is 10.3 Å². The molecule has 0 bridgehead atoms. The van der Waals surface area contributed by atoms with Gasteiger partial charge in [-0.15, -0.1) is 0 Å². The van der Waals surface area contributed by atoms with Crippen LogP contribution in [-0.2, 0) is 6.42 Å². The number of hydrogen-bond donors (Lipinski definition) is 2. The Bertz CT molecular complexity index is 1300. The summed E-state index contributed by atoms with van der Waals surface area (Å²) in [4.78, 5) is 18.8. The van der Waals surface area contributed by atoms with Crippen LogP contribution in [0.15, 0.2) is 66.7 Å². The standard InChI is InChI=1S/C25H21Cl2N3O2/c1-32-17-9-6-15(7-10-17)24-23-18(19-14-16(26)8-11-21(19)28-23)12-13-30(24)25(31)29-22-5-3-2-4-20(22)27/h2-11,14,24,28H,12-13H2,1H3,(H,29,31). The molecule has 0 spiro atoms. The number of amides is 2. The zero-order valence-electron chi connectivity index (χ0n) is 17.4. The van der Waals surface area contributed by atoms with Crippen molar-refractivity contribution in [3.05, 3.63) is 93.6 Å². The van der Waals surface area contributed by atoms with Crippen LogP contribution < -0.4 is 10.1 Å². The summed E-state index contributed by atoms with van der Waals surface area (Å²) in [5.41, 5.74) is 4.75. The summed E-state index contributed by atoms with van der Waals surface area (Å²) in [6.45, 7) is 0.555. The Hall–Kier alpha value is -3.15. The third-order valence-corrected chi connectivity index (χ3v) is 6.46. The molecule has 1 aliphatic rings. The predicted octanol–water partition coefficient (Wildman–Crippen LogP) is 6.66. The van der Waals surface area contributed by atoms with Gasteiger partial charge in [-0.1, -0.05) is 47.5 Å². The zero-order chi connectivity index (χ0) is 22.2. The molecule has 162 valence electrons. The van der Waals surface area contributed by atoms with Crippen molar-refractivity contribution in [1.82, 2.24) is 9.88 Å². The lowest BCUT2D eigenvalue weighted by Crippen LogP contribution is -2.43. The number of aromatic amines is 1. The van der Waals surface area contributed by atoms with Gasteiger partial charge >= 0.3 is 6.03 Å². The largest absolute Gasteiger partial charge is 0.497 e. The lowest BCUT2D eigenvalue weighted by atomic mass is 9.92. The number of H-pyrrole nitrogens is 1. The van der Waals surface area contributed by atoms with Gasteiger partial charge in [0.15, 0.2) is 0 Å². The van der Waals surface area contributed by atoms with Gasteiger partial charge in [0.2, 0.25) is 0 Å². The molecule has 4 aromatic rings. The van der Waals surface area contributed by atoms with Gasteiger partial charge in [-0.25, -0.2) is 4.79 Å². The number of anilines is 1. The molecule has 7 heteroatoms. The molecule has 2 amide bonds. The molecule has 0 radical (unpaired) electrons. The Labute approximate surface area is 195 Å². The van der Waals surface area contributed by atoms with Gasteiger partial charge in [-0.05, 0) is 60.0 Å². The number of rotatable bonds is 3. The van der Waals surface area contributed by atoms with E-state index in [9.17, 15) is 4.79 Å². The summed E-state index contributed by atoms with van der Waals surface area (Å²) < 4.78 is 5.32. The molecule has 0 fully saturated rings. The lowest BCUT2D eigenvalue weighted by Gasteiger charge is -2.36. The Morgan fingerprint density at radius 3 is 2.62 bits per heavy atom. The van der Waals surface area contributed by atoms with E-state index in [4.69, 9.17) is 27.9 Å². The van der Waals surface area contributed by atoms with E-state index < -0.39 is 0 Å². The highest BCUT2D eigenvalue weighted by molar-refractivity contribution is 6.33. The van der Waals surface area contributed by atoms with E-state index in [-0.39, 0.29) is 12.1 Å². The number of aromatic nitrogens is 1. The SMILES string of the molecule is COc1ccc(C2c3[nH]c4ccc(Cl)cc4c3CCN2C(=O)Nc2ccccc2Cl)cc1. The van der Waals surface area contributed by atoms with Gasteiger partial charge in [0, 0.05) is 28.2 Å². The average Bonchev–Trinajstić information content (AvgIpc) is 3.18. The van der Waals surface area contributed by atoms with Crippen molar-refractivity contribution >= 4 is 45.8 Å². The molecule has 5 nitrogen and oxygen atoms in total. The van der Waals surface area contributed by atoms with Crippen molar-refractivity contribution < 1.29 is 9.53 Å². The summed E-state index contributed by atoms with van der Waals surface area (Å²) >= 11 is 12.6. The molecule has 0 saturated carbocycles. The van der Waals surface area contributed by atoms with Gasteiger partial charge < -0.3 is 19.9 Å². The maximum atomic E-state index is 13.4. The van der Waals surface area contributed by atoms with Crippen LogP contribution >= 0.6 is 23.2 Å². The number of nitrogens with zero attached hydrogens (tertiary/aromatic N) is 1. The van der Waals surface area contributed by atoms with Crippen molar-refractivity contribution in [1.29, 1.82) is 0 Å². The summed E-state index contributed by atoms with van der Waals surface area (Å²) in [5.74, 6) is 0.764. The van der Waals surface area contributed by atoms with Crippen LogP contribution in [0.4, 0.5) is 10.5 Å². The van der Waals surface area contributed by atoms with E-state index >= 15 is 0 Å². The van der Waals surface area contributed by atoms with Gasteiger partial charge in [0.05, 0.1) is 23.9 Å². The molecule has 0 saturated heterocycles. The molecule has 2 heterocycles. The van der Waals surface area contributed by atoms with Crippen molar-refractivity contribution in [2.45, 2.75) is 12.5 Å². The maximum Gasteiger partial charge on any atom is 0.322 e. The van der Waals surface area contributed by atoms with Crippen molar-refractivity contribution in [3.63, 3.8) is 0 Å². The molecule has 1 atom stereocenters. The fraction of sp³-hybridized carbons (Fsp3) is 0.160. The van der Waals surface area contributed by atoms with E-state index in [1.807, 2.05) is 59.5 Å². The predicted molar refractivity (Wildman–Crippen MR) is 129 cm³/mol. The van der Waals surface area contributed by atoms with E-state index in [0.29, 0.717) is 22.3 Å². The second kappa shape index (κ2) is 8.41. The number of para-hydroxylation sites is 1. The number of carbonyl (C=O) groups is 1. The first-order valence-electron chi connectivity index (χ1n) is 10.3. The number of nitrogens with one attached hydrogen (secondary N) is 2. The van der Waals surface area contributed by atoms with Crippen molar-refractivity contribution in [2.24, 2.45) is 0 Å². The van der Waals surface area contributed by atoms with Crippen molar-refractivity contribution in [3.8, 4) is 5.75 Å². The van der Waals surface area contributed by atoms with Gasteiger partial charge in [-0.3, -0.25) is 0 Å².